The van der Waals surface area contributed by atoms with Gasteiger partial charge in [0.25, 0.3) is 0 Å². The number of aromatic hydroxyl groups is 1. The van der Waals surface area contributed by atoms with Gasteiger partial charge >= 0.3 is 0 Å². The van der Waals surface area contributed by atoms with E-state index in [1.165, 1.54) is 0 Å². The fourth-order valence-corrected chi connectivity index (χ4v) is 3.91. The van der Waals surface area contributed by atoms with E-state index in [2.05, 4.69) is 23.9 Å². The van der Waals surface area contributed by atoms with Crippen molar-refractivity contribution in [3.63, 3.8) is 0 Å². The number of carbonyl (C=O) groups is 1. The summed E-state index contributed by atoms with van der Waals surface area (Å²) in [7, 11) is 4.40. The number of benzene rings is 1. The van der Waals surface area contributed by atoms with Crippen LogP contribution in [0.4, 0.5) is 0 Å². The molecular formula is C18H27N3O2. The van der Waals surface area contributed by atoms with E-state index in [0.29, 0.717) is 5.56 Å². The molecule has 1 aromatic carbocycles. The number of nitrogens with zero attached hydrogens (tertiary/aromatic N) is 3. The van der Waals surface area contributed by atoms with Gasteiger partial charge in [-0.25, -0.2) is 0 Å². The number of hydrogen-bond acceptors (Lipinski definition) is 4. The largest absolute Gasteiger partial charge is 0.508 e. The van der Waals surface area contributed by atoms with E-state index in [1.54, 1.807) is 12.1 Å². The standard InChI is InChI=1S/C18H27N3O2/c1-19-11-12-20(2)18(14-19)7-9-21(10-8-18)17(23)13-15-5-3-4-6-16(15)22/h3-6,22H,7-14H2,1-2H3. The number of likely N-dealkylation sites (N-methyl/N-ethyl adjacent to an activating group) is 2. The summed E-state index contributed by atoms with van der Waals surface area (Å²) >= 11 is 0. The predicted molar refractivity (Wildman–Crippen MR) is 90.5 cm³/mol. The number of piperidine rings is 1. The zero-order chi connectivity index (χ0) is 16.4. The minimum Gasteiger partial charge on any atom is -0.508 e. The van der Waals surface area contributed by atoms with Gasteiger partial charge in [0, 0.05) is 43.8 Å². The molecule has 0 bridgehead atoms. The van der Waals surface area contributed by atoms with Crippen molar-refractivity contribution in [1.29, 1.82) is 0 Å². The van der Waals surface area contributed by atoms with Gasteiger partial charge < -0.3 is 14.9 Å². The van der Waals surface area contributed by atoms with E-state index in [1.807, 2.05) is 17.0 Å². The fourth-order valence-electron chi connectivity index (χ4n) is 3.91. The number of piperazine rings is 1. The predicted octanol–water partition coefficient (Wildman–Crippen LogP) is 1.17. The van der Waals surface area contributed by atoms with Crippen molar-refractivity contribution in [2.24, 2.45) is 0 Å². The lowest BCUT2D eigenvalue weighted by Crippen LogP contribution is -2.64. The molecule has 2 heterocycles. The summed E-state index contributed by atoms with van der Waals surface area (Å²) in [5.41, 5.74) is 0.936. The first-order chi connectivity index (χ1) is 11.0. The van der Waals surface area contributed by atoms with Crippen LogP contribution in [0.3, 0.4) is 0 Å². The Morgan fingerprint density at radius 1 is 1.13 bits per heavy atom. The second-order valence-electron chi connectivity index (χ2n) is 7.07. The van der Waals surface area contributed by atoms with Crippen molar-refractivity contribution in [2.45, 2.75) is 24.8 Å². The molecular weight excluding hydrogens is 290 g/mol. The normalized spacial score (nSPS) is 22.4. The minimum absolute atomic E-state index is 0.119. The van der Waals surface area contributed by atoms with Crippen LogP contribution in [0.2, 0.25) is 0 Å². The summed E-state index contributed by atoms with van der Waals surface area (Å²) in [5.74, 6) is 0.330. The first-order valence-electron chi connectivity index (χ1n) is 8.45. The van der Waals surface area contributed by atoms with Crippen molar-refractivity contribution in [2.75, 3.05) is 46.8 Å². The molecule has 0 radical (unpaired) electrons. The van der Waals surface area contributed by atoms with Crippen LogP contribution in [0.15, 0.2) is 24.3 Å². The molecule has 2 saturated heterocycles. The summed E-state index contributed by atoms with van der Waals surface area (Å²) in [5, 5.41) is 9.84. The average Bonchev–Trinajstić information content (AvgIpc) is 2.54. The second kappa shape index (κ2) is 6.49. The Balaban J connectivity index is 1.60. The number of para-hydroxylation sites is 1. The summed E-state index contributed by atoms with van der Waals surface area (Å²) in [6.07, 6.45) is 2.34. The van der Waals surface area contributed by atoms with E-state index >= 15 is 0 Å². The van der Waals surface area contributed by atoms with E-state index in [4.69, 9.17) is 0 Å². The Kier molecular flexibility index (Phi) is 4.60. The molecule has 2 aliphatic rings. The maximum Gasteiger partial charge on any atom is 0.227 e. The molecule has 0 unspecified atom stereocenters. The van der Waals surface area contributed by atoms with Crippen LogP contribution in [0, 0.1) is 0 Å². The number of phenols is 1. The Bertz CT molecular complexity index is 567. The number of hydrogen-bond donors (Lipinski definition) is 1. The Morgan fingerprint density at radius 2 is 1.83 bits per heavy atom. The molecule has 2 fully saturated rings. The van der Waals surface area contributed by atoms with Crippen LogP contribution in [-0.4, -0.2) is 78.1 Å². The smallest absolute Gasteiger partial charge is 0.227 e. The van der Waals surface area contributed by atoms with Crippen LogP contribution in [0.5, 0.6) is 5.75 Å². The van der Waals surface area contributed by atoms with Crippen molar-refractivity contribution in [3.05, 3.63) is 29.8 Å². The molecule has 126 valence electrons. The Morgan fingerprint density at radius 3 is 2.52 bits per heavy atom. The van der Waals surface area contributed by atoms with Crippen molar-refractivity contribution >= 4 is 5.91 Å². The monoisotopic (exact) mass is 317 g/mol. The van der Waals surface area contributed by atoms with Gasteiger partial charge in [0.15, 0.2) is 0 Å². The lowest BCUT2D eigenvalue weighted by molar-refractivity contribution is -0.134. The van der Waals surface area contributed by atoms with E-state index in [0.717, 1.165) is 45.6 Å². The summed E-state index contributed by atoms with van der Waals surface area (Å²) < 4.78 is 0. The quantitative estimate of drug-likeness (QED) is 0.890. The first-order valence-corrected chi connectivity index (χ1v) is 8.45. The highest BCUT2D eigenvalue weighted by Gasteiger charge is 2.41. The highest BCUT2D eigenvalue weighted by atomic mass is 16.3. The zero-order valence-electron chi connectivity index (χ0n) is 14.2. The number of phenolic OH excluding ortho intramolecular Hbond substituents is 1. The lowest BCUT2D eigenvalue weighted by atomic mass is 9.83. The van der Waals surface area contributed by atoms with Gasteiger partial charge in [0.1, 0.15) is 5.75 Å². The molecule has 1 amide bonds. The molecule has 1 aromatic rings. The molecule has 0 atom stereocenters. The van der Waals surface area contributed by atoms with Crippen molar-refractivity contribution in [3.8, 4) is 5.75 Å². The molecule has 0 aliphatic carbocycles. The molecule has 2 aliphatic heterocycles. The molecule has 0 saturated carbocycles. The lowest BCUT2D eigenvalue weighted by Gasteiger charge is -2.52. The number of amides is 1. The Labute approximate surface area is 138 Å². The topological polar surface area (TPSA) is 47.0 Å². The third-order valence-corrected chi connectivity index (χ3v) is 5.57. The third kappa shape index (κ3) is 3.35. The summed E-state index contributed by atoms with van der Waals surface area (Å²) in [6, 6.07) is 7.10. The van der Waals surface area contributed by atoms with Crippen LogP contribution in [0.1, 0.15) is 18.4 Å². The molecule has 5 heteroatoms. The maximum absolute atomic E-state index is 12.5. The first kappa shape index (κ1) is 16.3. The van der Waals surface area contributed by atoms with Gasteiger partial charge in [-0.2, -0.15) is 0 Å². The number of rotatable bonds is 2. The summed E-state index contributed by atoms with van der Waals surface area (Å²) in [6.45, 7) is 4.93. The molecule has 3 rings (SSSR count). The van der Waals surface area contributed by atoms with Crippen LogP contribution in [-0.2, 0) is 11.2 Å². The van der Waals surface area contributed by atoms with Gasteiger partial charge in [-0.3, -0.25) is 9.69 Å². The molecule has 23 heavy (non-hydrogen) atoms. The van der Waals surface area contributed by atoms with Crippen LogP contribution in [0.25, 0.3) is 0 Å². The average molecular weight is 317 g/mol. The third-order valence-electron chi connectivity index (χ3n) is 5.57. The fraction of sp³-hybridized carbons (Fsp3) is 0.611. The second-order valence-corrected chi connectivity index (χ2v) is 7.07. The highest BCUT2D eigenvalue weighted by Crippen LogP contribution is 2.31. The Hall–Kier alpha value is -1.59. The van der Waals surface area contributed by atoms with Crippen molar-refractivity contribution in [1.82, 2.24) is 14.7 Å². The molecule has 1 N–H and O–H groups in total. The van der Waals surface area contributed by atoms with Gasteiger partial charge in [-0.05, 0) is 33.0 Å². The minimum atomic E-state index is 0.119. The zero-order valence-corrected chi connectivity index (χ0v) is 14.2. The molecule has 5 nitrogen and oxygen atoms in total. The summed E-state index contributed by atoms with van der Waals surface area (Å²) in [4.78, 5) is 19.4. The van der Waals surface area contributed by atoms with Crippen LogP contribution < -0.4 is 0 Å². The van der Waals surface area contributed by atoms with E-state index in [-0.39, 0.29) is 23.6 Å². The number of carbonyl (C=O) groups excluding carboxylic acids is 1. The highest BCUT2D eigenvalue weighted by molar-refractivity contribution is 5.79. The van der Waals surface area contributed by atoms with E-state index in [9.17, 15) is 9.90 Å². The maximum atomic E-state index is 12.5. The molecule has 1 spiro atoms. The molecule has 0 aromatic heterocycles. The van der Waals surface area contributed by atoms with E-state index < -0.39 is 0 Å². The number of likely N-dealkylation sites (tertiary alicyclic amines) is 1. The van der Waals surface area contributed by atoms with Crippen molar-refractivity contribution < 1.29 is 9.90 Å². The van der Waals surface area contributed by atoms with Gasteiger partial charge in [-0.15, -0.1) is 0 Å². The van der Waals surface area contributed by atoms with Gasteiger partial charge in [0.2, 0.25) is 5.91 Å². The van der Waals surface area contributed by atoms with Gasteiger partial charge in [0.05, 0.1) is 6.42 Å². The SMILES string of the molecule is CN1CCN(C)C2(CCN(C(=O)Cc3ccccc3O)CC2)C1. The van der Waals surface area contributed by atoms with Gasteiger partial charge in [-0.1, -0.05) is 18.2 Å². The van der Waals surface area contributed by atoms with Crippen LogP contribution >= 0.6 is 0 Å².